The van der Waals surface area contributed by atoms with Crippen molar-refractivity contribution in [2.24, 2.45) is 0 Å². The Balaban J connectivity index is 2.99. The summed E-state index contributed by atoms with van der Waals surface area (Å²) in [7, 11) is 0. The molecule has 0 amide bonds. The maximum Gasteiger partial charge on any atom is 0.124 e. The van der Waals surface area contributed by atoms with Crippen molar-refractivity contribution in [1.82, 2.24) is 9.78 Å². The molecule has 1 aromatic rings. The van der Waals surface area contributed by atoms with E-state index in [0.29, 0.717) is 12.3 Å². The zero-order valence-corrected chi connectivity index (χ0v) is 8.45. The summed E-state index contributed by atoms with van der Waals surface area (Å²) in [5.41, 5.74) is 2.11. The van der Waals surface area contributed by atoms with Crippen molar-refractivity contribution < 1.29 is 4.79 Å². The summed E-state index contributed by atoms with van der Waals surface area (Å²) in [5.74, 6) is 0.391. The largest absolute Gasteiger partial charge is 0.303 e. The van der Waals surface area contributed by atoms with Gasteiger partial charge in [-0.1, -0.05) is 13.8 Å². The number of aryl methyl sites for hydroxylation is 1. The summed E-state index contributed by atoms with van der Waals surface area (Å²) in [6.07, 6.45) is 3.38. The number of carbonyl (C=O) groups is 1. The van der Waals surface area contributed by atoms with E-state index in [0.717, 1.165) is 24.1 Å². The Bertz CT molecular complexity index is 289. The molecule has 3 heteroatoms. The highest BCUT2D eigenvalue weighted by atomic mass is 16.1. The van der Waals surface area contributed by atoms with Gasteiger partial charge >= 0.3 is 0 Å². The minimum atomic E-state index is 0.391. The van der Waals surface area contributed by atoms with E-state index >= 15 is 0 Å². The molecule has 0 unspecified atom stereocenters. The summed E-state index contributed by atoms with van der Waals surface area (Å²) < 4.78 is 1.88. The maximum atomic E-state index is 10.4. The molecule has 0 aliphatic carbocycles. The van der Waals surface area contributed by atoms with E-state index in [4.69, 9.17) is 0 Å². The average molecular weight is 180 g/mol. The maximum absolute atomic E-state index is 10.4. The van der Waals surface area contributed by atoms with E-state index in [9.17, 15) is 4.79 Å². The van der Waals surface area contributed by atoms with Gasteiger partial charge in [0.05, 0.1) is 5.69 Å². The van der Waals surface area contributed by atoms with Gasteiger partial charge in [0, 0.05) is 24.7 Å². The standard InChI is InChI=1S/C10H16N2O/c1-4-12-7-9(5-6-13)10(11-12)8(2)3/h6-8H,4-5H2,1-3H3. The first-order valence-electron chi connectivity index (χ1n) is 4.68. The lowest BCUT2D eigenvalue weighted by Crippen LogP contribution is -1.97. The van der Waals surface area contributed by atoms with Crippen molar-refractivity contribution >= 4 is 6.29 Å². The zero-order valence-electron chi connectivity index (χ0n) is 8.45. The Kier molecular flexibility index (Phi) is 3.23. The van der Waals surface area contributed by atoms with Crippen LogP contribution in [0.25, 0.3) is 0 Å². The van der Waals surface area contributed by atoms with E-state index in [1.807, 2.05) is 17.8 Å². The summed E-state index contributed by atoms with van der Waals surface area (Å²) in [4.78, 5) is 10.4. The Hall–Kier alpha value is -1.12. The average Bonchev–Trinajstić information content (AvgIpc) is 2.48. The second-order valence-corrected chi connectivity index (χ2v) is 3.42. The van der Waals surface area contributed by atoms with Crippen LogP contribution in [0.5, 0.6) is 0 Å². The van der Waals surface area contributed by atoms with Crippen LogP contribution in [0.3, 0.4) is 0 Å². The Morgan fingerprint density at radius 2 is 2.31 bits per heavy atom. The van der Waals surface area contributed by atoms with Gasteiger partial charge in [-0.3, -0.25) is 4.68 Å². The third kappa shape index (κ3) is 2.17. The monoisotopic (exact) mass is 180 g/mol. The number of hydrogen-bond acceptors (Lipinski definition) is 2. The van der Waals surface area contributed by atoms with E-state index in [1.54, 1.807) is 0 Å². The van der Waals surface area contributed by atoms with Gasteiger partial charge in [0.1, 0.15) is 6.29 Å². The molecule has 13 heavy (non-hydrogen) atoms. The fourth-order valence-electron chi connectivity index (χ4n) is 1.37. The van der Waals surface area contributed by atoms with Gasteiger partial charge in [0.15, 0.2) is 0 Å². The third-order valence-corrected chi connectivity index (χ3v) is 2.04. The van der Waals surface area contributed by atoms with Crippen LogP contribution in [0.1, 0.15) is 37.9 Å². The van der Waals surface area contributed by atoms with Crippen molar-refractivity contribution in [3.8, 4) is 0 Å². The predicted octanol–water partition coefficient (Wildman–Crippen LogP) is 1.77. The minimum absolute atomic E-state index is 0.391. The molecule has 0 N–H and O–H groups in total. The molecule has 0 fully saturated rings. The molecule has 0 aliphatic heterocycles. The van der Waals surface area contributed by atoms with E-state index in [1.165, 1.54) is 0 Å². The van der Waals surface area contributed by atoms with Crippen molar-refractivity contribution in [2.75, 3.05) is 0 Å². The summed E-state index contributed by atoms with van der Waals surface area (Å²) in [6.45, 7) is 7.09. The number of aromatic nitrogens is 2. The number of aldehydes is 1. The van der Waals surface area contributed by atoms with Crippen LogP contribution >= 0.6 is 0 Å². The lowest BCUT2D eigenvalue weighted by Gasteiger charge is -2.01. The van der Waals surface area contributed by atoms with Crippen LogP contribution in [0.4, 0.5) is 0 Å². The first kappa shape index (κ1) is 9.96. The first-order chi connectivity index (χ1) is 6.19. The van der Waals surface area contributed by atoms with Gasteiger partial charge in [0.2, 0.25) is 0 Å². The summed E-state index contributed by atoms with van der Waals surface area (Å²) in [6, 6.07) is 0. The molecule has 0 atom stereocenters. The van der Waals surface area contributed by atoms with Crippen LogP contribution in [0, 0.1) is 0 Å². The van der Waals surface area contributed by atoms with Crippen molar-refractivity contribution in [3.05, 3.63) is 17.5 Å². The molecule has 0 spiro atoms. The minimum Gasteiger partial charge on any atom is -0.303 e. The predicted molar refractivity (Wildman–Crippen MR) is 51.8 cm³/mol. The van der Waals surface area contributed by atoms with E-state index < -0.39 is 0 Å². The third-order valence-electron chi connectivity index (χ3n) is 2.04. The van der Waals surface area contributed by atoms with Gasteiger partial charge in [0.25, 0.3) is 0 Å². The molecule has 0 aliphatic rings. The Morgan fingerprint density at radius 3 is 2.77 bits per heavy atom. The number of nitrogens with zero attached hydrogens (tertiary/aromatic N) is 2. The second kappa shape index (κ2) is 4.21. The highest BCUT2D eigenvalue weighted by Crippen LogP contribution is 2.17. The number of rotatable bonds is 4. The number of hydrogen-bond donors (Lipinski definition) is 0. The van der Waals surface area contributed by atoms with Crippen LogP contribution in [-0.4, -0.2) is 16.1 Å². The fourth-order valence-corrected chi connectivity index (χ4v) is 1.37. The molecule has 0 saturated carbocycles. The SMILES string of the molecule is CCn1cc(CC=O)c(C(C)C)n1. The van der Waals surface area contributed by atoms with Crippen LogP contribution < -0.4 is 0 Å². The van der Waals surface area contributed by atoms with Gasteiger partial charge < -0.3 is 4.79 Å². The topological polar surface area (TPSA) is 34.9 Å². The van der Waals surface area contributed by atoms with Crippen molar-refractivity contribution in [3.63, 3.8) is 0 Å². The fraction of sp³-hybridized carbons (Fsp3) is 0.600. The molecule has 0 saturated heterocycles. The first-order valence-corrected chi connectivity index (χ1v) is 4.68. The lowest BCUT2D eigenvalue weighted by molar-refractivity contribution is -0.107. The van der Waals surface area contributed by atoms with Crippen LogP contribution in [-0.2, 0) is 17.8 Å². The summed E-state index contributed by atoms with van der Waals surface area (Å²) in [5, 5.41) is 4.40. The number of carbonyl (C=O) groups excluding carboxylic acids is 1. The van der Waals surface area contributed by atoms with Crippen LogP contribution in [0.2, 0.25) is 0 Å². The van der Waals surface area contributed by atoms with Crippen molar-refractivity contribution in [1.29, 1.82) is 0 Å². The summed E-state index contributed by atoms with van der Waals surface area (Å²) >= 11 is 0. The molecule has 0 radical (unpaired) electrons. The molecule has 0 aromatic carbocycles. The highest BCUT2D eigenvalue weighted by Gasteiger charge is 2.10. The molecule has 3 nitrogen and oxygen atoms in total. The molecule has 1 rings (SSSR count). The Labute approximate surface area is 78.8 Å². The quantitative estimate of drug-likeness (QED) is 0.662. The van der Waals surface area contributed by atoms with Gasteiger partial charge in [-0.15, -0.1) is 0 Å². The van der Waals surface area contributed by atoms with Crippen molar-refractivity contribution in [2.45, 2.75) is 39.7 Å². The molecule has 1 heterocycles. The molecular formula is C10H16N2O. The Morgan fingerprint density at radius 1 is 1.62 bits per heavy atom. The molecule has 1 aromatic heterocycles. The van der Waals surface area contributed by atoms with Gasteiger partial charge in [-0.25, -0.2) is 0 Å². The smallest absolute Gasteiger partial charge is 0.124 e. The second-order valence-electron chi connectivity index (χ2n) is 3.42. The molecule has 72 valence electrons. The highest BCUT2D eigenvalue weighted by molar-refractivity contribution is 5.55. The lowest BCUT2D eigenvalue weighted by atomic mass is 10.1. The molecular weight excluding hydrogens is 164 g/mol. The van der Waals surface area contributed by atoms with Crippen LogP contribution in [0.15, 0.2) is 6.20 Å². The zero-order chi connectivity index (χ0) is 9.84. The van der Waals surface area contributed by atoms with Gasteiger partial charge in [-0.05, 0) is 12.8 Å². The van der Waals surface area contributed by atoms with Gasteiger partial charge in [-0.2, -0.15) is 5.10 Å². The van der Waals surface area contributed by atoms with E-state index in [-0.39, 0.29) is 0 Å². The van der Waals surface area contributed by atoms with E-state index in [2.05, 4.69) is 18.9 Å². The molecule has 0 bridgehead atoms. The normalized spacial score (nSPS) is 10.8.